The lowest BCUT2D eigenvalue weighted by Crippen LogP contribution is -2.19. The minimum Gasteiger partial charge on any atom is -0.318 e. The van der Waals surface area contributed by atoms with Crippen molar-refractivity contribution in [3.63, 3.8) is 0 Å². The number of rotatable bonds is 3. The number of amides is 1. The number of nitrogens with one attached hydrogen (secondary N) is 1. The highest BCUT2D eigenvalue weighted by Gasteiger charge is 2.24. The second-order valence-corrected chi connectivity index (χ2v) is 9.25. The molecule has 2 aromatic carbocycles. The highest BCUT2D eigenvalue weighted by molar-refractivity contribution is 14.1. The number of nitrogens with zero attached hydrogens (tertiary/aromatic N) is 2. The van der Waals surface area contributed by atoms with E-state index in [4.69, 9.17) is 0 Å². The summed E-state index contributed by atoms with van der Waals surface area (Å²) in [7, 11) is 0. The number of amidine groups is 1. The molecule has 0 unspecified atom stereocenters. The minimum atomic E-state index is -0.318. The van der Waals surface area contributed by atoms with Gasteiger partial charge in [-0.05, 0) is 121 Å². The summed E-state index contributed by atoms with van der Waals surface area (Å²) >= 11 is 3.62. The van der Waals surface area contributed by atoms with Crippen LogP contribution in [0.25, 0.3) is 11.8 Å². The fourth-order valence-electron chi connectivity index (χ4n) is 3.35. The molecule has 152 valence electrons. The minimum absolute atomic E-state index is 0.184. The number of hydrogen-bond donors (Lipinski definition) is 1. The predicted octanol–water partition coefficient (Wildman–Crippen LogP) is 6.04. The lowest BCUT2D eigenvalue weighted by Gasteiger charge is -2.11. The highest BCUT2D eigenvalue weighted by atomic mass is 127. The van der Waals surface area contributed by atoms with E-state index in [0.717, 1.165) is 22.6 Å². The first-order valence-corrected chi connectivity index (χ1v) is 11.2. The largest absolute Gasteiger partial charge is 0.318 e. The van der Waals surface area contributed by atoms with Gasteiger partial charge in [-0.1, -0.05) is 0 Å². The second kappa shape index (κ2) is 8.39. The molecule has 3 aromatic rings. The van der Waals surface area contributed by atoms with E-state index in [1.165, 1.54) is 33.0 Å². The number of carbonyl (C=O) groups excluding carboxylic acids is 1. The number of benzene rings is 2. The lowest BCUT2D eigenvalue weighted by molar-refractivity contribution is -0.115. The normalized spacial score (nSPS) is 16.5. The molecule has 0 aliphatic carbocycles. The van der Waals surface area contributed by atoms with Crippen molar-refractivity contribution in [3.05, 3.63) is 85.3 Å². The van der Waals surface area contributed by atoms with Crippen LogP contribution in [0.5, 0.6) is 0 Å². The Balaban J connectivity index is 1.64. The Morgan fingerprint density at radius 2 is 1.83 bits per heavy atom. The summed E-state index contributed by atoms with van der Waals surface area (Å²) in [6, 6.07) is 14.3. The van der Waals surface area contributed by atoms with E-state index in [2.05, 4.69) is 82.5 Å². The molecule has 1 saturated heterocycles. The Kier molecular flexibility index (Phi) is 5.84. The Morgan fingerprint density at radius 1 is 1.10 bits per heavy atom. The van der Waals surface area contributed by atoms with Crippen molar-refractivity contribution in [2.75, 3.05) is 0 Å². The van der Waals surface area contributed by atoms with Gasteiger partial charge >= 0.3 is 0 Å². The second-order valence-electron chi connectivity index (χ2n) is 7.05. The Bertz CT molecular complexity index is 1210. The zero-order chi connectivity index (χ0) is 21.4. The topological polar surface area (TPSA) is 46.4 Å². The van der Waals surface area contributed by atoms with E-state index >= 15 is 0 Å². The number of thioether (sulfide) groups is 1. The number of aromatic nitrogens is 1. The van der Waals surface area contributed by atoms with Crippen LogP contribution in [0, 0.1) is 30.2 Å². The van der Waals surface area contributed by atoms with Crippen molar-refractivity contribution < 1.29 is 9.18 Å². The maximum atomic E-state index is 13.1. The van der Waals surface area contributed by atoms with E-state index in [-0.39, 0.29) is 11.7 Å². The molecule has 1 aliphatic heterocycles. The van der Waals surface area contributed by atoms with Crippen molar-refractivity contribution in [1.82, 2.24) is 9.88 Å². The molecule has 0 saturated carbocycles. The number of carbonyl (C=O) groups is 1. The number of aliphatic imine (C=N–C) groups is 1. The summed E-state index contributed by atoms with van der Waals surface area (Å²) in [5.74, 6) is -0.503. The maximum absolute atomic E-state index is 13.1. The smallest absolute Gasteiger partial charge is 0.264 e. The van der Waals surface area contributed by atoms with Gasteiger partial charge in [0.05, 0.1) is 10.6 Å². The monoisotopic (exact) mass is 531 g/mol. The van der Waals surface area contributed by atoms with Gasteiger partial charge in [0.1, 0.15) is 5.82 Å². The van der Waals surface area contributed by atoms with Crippen molar-refractivity contribution in [2.24, 2.45) is 4.99 Å². The Hall–Kier alpha value is -2.39. The van der Waals surface area contributed by atoms with E-state index in [9.17, 15) is 9.18 Å². The van der Waals surface area contributed by atoms with Gasteiger partial charge in [0.2, 0.25) is 0 Å². The zero-order valence-corrected chi connectivity index (χ0v) is 19.6. The summed E-state index contributed by atoms with van der Waals surface area (Å²) in [6.45, 7) is 6.22. The number of aryl methyl sites for hydroxylation is 2. The molecule has 2 heterocycles. The summed E-state index contributed by atoms with van der Waals surface area (Å²) in [5, 5.41) is 3.26. The lowest BCUT2D eigenvalue weighted by atomic mass is 10.2. The molecular formula is C23H19FIN3OS. The van der Waals surface area contributed by atoms with Gasteiger partial charge in [-0.3, -0.25) is 4.79 Å². The van der Waals surface area contributed by atoms with Crippen LogP contribution in [0.4, 0.5) is 10.1 Å². The Morgan fingerprint density at radius 3 is 2.53 bits per heavy atom. The maximum Gasteiger partial charge on any atom is 0.264 e. The molecule has 1 amide bonds. The standard InChI is InChI=1S/C23H19FIN3OS/c1-13-10-19(8-9-20(13)25)28-14(2)11-16(15(28)3)12-21-22(29)27-23(30-21)26-18-6-4-17(24)5-7-18/h4-12H,1-3H3,(H,26,27,29)/b21-12-. The average Bonchev–Trinajstić information content (AvgIpc) is 3.18. The van der Waals surface area contributed by atoms with Gasteiger partial charge in [-0.15, -0.1) is 0 Å². The van der Waals surface area contributed by atoms with Crippen LogP contribution in [-0.4, -0.2) is 15.6 Å². The van der Waals surface area contributed by atoms with Crippen molar-refractivity contribution in [3.8, 4) is 5.69 Å². The number of hydrogen-bond acceptors (Lipinski definition) is 3. The summed E-state index contributed by atoms with van der Waals surface area (Å²) in [5.41, 5.74) is 6.08. The quantitative estimate of drug-likeness (QED) is 0.331. The van der Waals surface area contributed by atoms with Crippen LogP contribution < -0.4 is 5.32 Å². The fraction of sp³-hybridized carbons (Fsp3) is 0.130. The molecule has 1 aromatic heterocycles. The van der Waals surface area contributed by atoms with Crippen LogP contribution >= 0.6 is 34.4 Å². The van der Waals surface area contributed by atoms with Crippen LogP contribution in [0.15, 0.2) is 58.4 Å². The molecule has 0 atom stereocenters. The molecule has 0 bridgehead atoms. The molecule has 0 spiro atoms. The van der Waals surface area contributed by atoms with E-state index in [1.54, 1.807) is 12.1 Å². The van der Waals surface area contributed by atoms with Crippen molar-refractivity contribution >= 4 is 57.2 Å². The van der Waals surface area contributed by atoms with Gasteiger partial charge in [0.25, 0.3) is 5.91 Å². The van der Waals surface area contributed by atoms with Gasteiger partial charge in [0, 0.05) is 20.6 Å². The van der Waals surface area contributed by atoms with E-state index in [1.807, 2.05) is 6.08 Å². The molecule has 4 nitrogen and oxygen atoms in total. The SMILES string of the molecule is Cc1cc(-n2c(C)cc(/C=C3\SC(=Nc4ccc(F)cc4)NC3=O)c2C)ccc1I. The molecule has 7 heteroatoms. The summed E-state index contributed by atoms with van der Waals surface area (Å²) < 4.78 is 16.5. The molecule has 1 aliphatic rings. The van der Waals surface area contributed by atoms with Crippen molar-refractivity contribution in [2.45, 2.75) is 20.8 Å². The third-order valence-electron chi connectivity index (χ3n) is 4.86. The van der Waals surface area contributed by atoms with Gasteiger partial charge in [-0.2, -0.15) is 0 Å². The molecular weight excluding hydrogens is 512 g/mol. The first kappa shape index (κ1) is 20.9. The molecule has 1 N–H and O–H groups in total. The third kappa shape index (κ3) is 4.22. The highest BCUT2D eigenvalue weighted by Crippen LogP contribution is 2.31. The van der Waals surface area contributed by atoms with Crippen LogP contribution in [-0.2, 0) is 4.79 Å². The van der Waals surface area contributed by atoms with Crippen LogP contribution in [0.2, 0.25) is 0 Å². The van der Waals surface area contributed by atoms with Crippen molar-refractivity contribution in [1.29, 1.82) is 0 Å². The van der Waals surface area contributed by atoms with Crippen LogP contribution in [0.3, 0.4) is 0 Å². The Labute approximate surface area is 192 Å². The van der Waals surface area contributed by atoms with Gasteiger partial charge in [-0.25, -0.2) is 9.38 Å². The molecule has 30 heavy (non-hydrogen) atoms. The average molecular weight is 531 g/mol. The van der Waals surface area contributed by atoms with Crippen LogP contribution in [0.1, 0.15) is 22.5 Å². The molecule has 1 fully saturated rings. The first-order chi connectivity index (χ1) is 14.3. The predicted molar refractivity (Wildman–Crippen MR) is 130 cm³/mol. The molecule has 4 rings (SSSR count). The zero-order valence-electron chi connectivity index (χ0n) is 16.7. The summed E-state index contributed by atoms with van der Waals surface area (Å²) in [6.07, 6.45) is 1.89. The first-order valence-electron chi connectivity index (χ1n) is 9.32. The summed E-state index contributed by atoms with van der Waals surface area (Å²) in [4.78, 5) is 17.4. The van der Waals surface area contributed by atoms with Gasteiger partial charge in [0.15, 0.2) is 5.17 Å². The number of halogens is 2. The van der Waals surface area contributed by atoms with Gasteiger partial charge < -0.3 is 9.88 Å². The van der Waals surface area contributed by atoms with E-state index < -0.39 is 0 Å². The third-order valence-corrected chi connectivity index (χ3v) is 6.98. The fourth-order valence-corrected chi connectivity index (χ4v) is 4.52. The molecule has 0 radical (unpaired) electrons. The van der Waals surface area contributed by atoms with E-state index in [0.29, 0.717) is 15.8 Å².